The fraction of sp³-hybridized carbons (Fsp3) is 0.333. The monoisotopic (exact) mass is 140 g/mol. The van der Waals surface area contributed by atoms with Gasteiger partial charge in [0, 0.05) is 10.6 Å². The molecule has 0 saturated carbocycles. The summed E-state index contributed by atoms with van der Waals surface area (Å²) in [6.07, 6.45) is 0. The van der Waals surface area contributed by atoms with Crippen molar-refractivity contribution in [2.45, 2.75) is 13.8 Å². The molecule has 9 heavy (non-hydrogen) atoms. The summed E-state index contributed by atoms with van der Waals surface area (Å²) in [6, 6.07) is 1.91. The second-order valence-electron chi connectivity index (χ2n) is 1.73. The number of hydrogen-bond acceptors (Lipinski definition) is 3. The van der Waals surface area contributed by atoms with Crippen molar-refractivity contribution in [3.63, 3.8) is 0 Å². The van der Waals surface area contributed by atoms with E-state index in [-0.39, 0.29) is 0 Å². The quantitative estimate of drug-likeness (QED) is 0.337. The van der Waals surface area contributed by atoms with Crippen LogP contribution in [0.2, 0.25) is 0 Å². The Balaban J connectivity index is 4.62. The van der Waals surface area contributed by atoms with Crippen molar-refractivity contribution >= 4 is 17.1 Å². The molecule has 0 aliphatic rings. The summed E-state index contributed by atoms with van der Waals surface area (Å²) in [7, 11) is 0. The summed E-state index contributed by atoms with van der Waals surface area (Å²) in [5.41, 5.74) is 6.23. The van der Waals surface area contributed by atoms with Crippen LogP contribution in [0, 0.1) is 11.3 Å². The molecule has 0 saturated heterocycles. The number of nitriles is 1. The summed E-state index contributed by atoms with van der Waals surface area (Å²) in [5, 5.41) is 8.39. The van der Waals surface area contributed by atoms with E-state index in [4.69, 9.17) is 23.2 Å². The average Bonchev–Trinajstić information content (AvgIpc) is 1.64. The number of rotatable bonds is 1. The standard InChI is InChI=1S/C6H8N2S/c1-4(8)6(3-7)5(2)9/h8H2,1-2H3/b6-4-. The summed E-state index contributed by atoms with van der Waals surface area (Å²) in [6.45, 7) is 3.35. The molecule has 48 valence electrons. The van der Waals surface area contributed by atoms with Gasteiger partial charge in [-0.05, 0) is 13.8 Å². The van der Waals surface area contributed by atoms with Crippen molar-refractivity contribution in [3.05, 3.63) is 11.3 Å². The first kappa shape index (κ1) is 8.12. The largest absolute Gasteiger partial charge is 0.401 e. The molecular weight excluding hydrogens is 132 g/mol. The lowest BCUT2D eigenvalue weighted by Crippen LogP contribution is -2.01. The molecule has 0 heterocycles. The highest BCUT2D eigenvalue weighted by Gasteiger charge is 1.98. The van der Waals surface area contributed by atoms with E-state index in [9.17, 15) is 0 Å². The van der Waals surface area contributed by atoms with Gasteiger partial charge < -0.3 is 5.73 Å². The Morgan fingerprint density at radius 2 is 2.00 bits per heavy atom. The smallest absolute Gasteiger partial charge is 0.102 e. The van der Waals surface area contributed by atoms with E-state index in [1.54, 1.807) is 13.8 Å². The van der Waals surface area contributed by atoms with Gasteiger partial charge in [-0.3, -0.25) is 0 Å². The number of hydrogen-bond donors (Lipinski definition) is 1. The normalized spacial score (nSPS) is 11.7. The molecule has 0 aliphatic heterocycles. The summed E-state index contributed by atoms with van der Waals surface area (Å²) in [5.74, 6) is 0. The predicted octanol–water partition coefficient (Wildman–Crippen LogP) is 1.13. The average molecular weight is 140 g/mol. The maximum absolute atomic E-state index is 8.39. The van der Waals surface area contributed by atoms with Gasteiger partial charge in [0.1, 0.15) is 6.07 Å². The Labute approximate surface area is 60.0 Å². The second kappa shape index (κ2) is 3.21. The Hall–Kier alpha value is -0.880. The molecule has 3 heteroatoms. The molecule has 0 aromatic carbocycles. The SMILES string of the molecule is CC(=S)/C(C#N)=C(/C)N. The molecule has 0 aromatic heterocycles. The van der Waals surface area contributed by atoms with Crippen LogP contribution in [0.15, 0.2) is 11.3 Å². The van der Waals surface area contributed by atoms with Gasteiger partial charge in [-0.2, -0.15) is 5.26 Å². The summed E-state index contributed by atoms with van der Waals surface area (Å²) in [4.78, 5) is 0.553. The van der Waals surface area contributed by atoms with Crippen molar-refractivity contribution in [3.8, 4) is 6.07 Å². The highest BCUT2D eigenvalue weighted by Crippen LogP contribution is 1.99. The van der Waals surface area contributed by atoms with Gasteiger partial charge in [0.25, 0.3) is 0 Å². The van der Waals surface area contributed by atoms with Crippen LogP contribution in [0.3, 0.4) is 0 Å². The van der Waals surface area contributed by atoms with Crippen molar-refractivity contribution in [2.75, 3.05) is 0 Å². The van der Waals surface area contributed by atoms with Crippen molar-refractivity contribution < 1.29 is 0 Å². The van der Waals surface area contributed by atoms with Gasteiger partial charge in [-0.1, -0.05) is 12.2 Å². The molecule has 0 rings (SSSR count). The Bertz CT molecular complexity index is 194. The Morgan fingerprint density at radius 1 is 1.56 bits per heavy atom. The molecule has 0 fully saturated rings. The van der Waals surface area contributed by atoms with Gasteiger partial charge in [0.15, 0.2) is 0 Å². The van der Waals surface area contributed by atoms with Crippen LogP contribution in [0.5, 0.6) is 0 Å². The fourth-order valence-corrected chi connectivity index (χ4v) is 0.651. The first-order chi connectivity index (χ1) is 4.09. The Morgan fingerprint density at radius 3 is 2.00 bits per heavy atom. The van der Waals surface area contributed by atoms with E-state index in [0.29, 0.717) is 16.1 Å². The van der Waals surface area contributed by atoms with Crippen molar-refractivity contribution in [1.82, 2.24) is 0 Å². The highest BCUT2D eigenvalue weighted by molar-refractivity contribution is 7.80. The van der Waals surface area contributed by atoms with Crippen molar-refractivity contribution in [2.24, 2.45) is 5.73 Å². The van der Waals surface area contributed by atoms with Crippen LogP contribution in [-0.4, -0.2) is 4.86 Å². The lowest BCUT2D eigenvalue weighted by atomic mass is 10.2. The summed E-state index contributed by atoms with van der Waals surface area (Å²) >= 11 is 4.73. The lowest BCUT2D eigenvalue weighted by Gasteiger charge is -1.94. The zero-order valence-electron chi connectivity index (χ0n) is 5.43. The first-order valence-corrected chi connectivity index (χ1v) is 2.87. The van der Waals surface area contributed by atoms with E-state index in [1.807, 2.05) is 6.07 Å². The molecule has 0 radical (unpaired) electrons. The van der Waals surface area contributed by atoms with E-state index in [2.05, 4.69) is 0 Å². The molecule has 2 N–H and O–H groups in total. The molecule has 2 nitrogen and oxygen atoms in total. The molecule has 0 unspecified atom stereocenters. The zero-order valence-corrected chi connectivity index (χ0v) is 6.25. The molecule has 0 bridgehead atoms. The van der Waals surface area contributed by atoms with Gasteiger partial charge >= 0.3 is 0 Å². The van der Waals surface area contributed by atoms with Crippen LogP contribution in [0.1, 0.15) is 13.8 Å². The maximum Gasteiger partial charge on any atom is 0.102 e. The van der Waals surface area contributed by atoms with E-state index >= 15 is 0 Å². The number of nitrogens with two attached hydrogens (primary N) is 1. The van der Waals surface area contributed by atoms with E-state index in [1.165, 1.54) is 0 Å². The minimum absolute atomic E-state index is 0.421. The highest BCUT2D eigenvalue weighted by atomic mass is 32.1. The molecular formula is C6H8N2S. The van der Waals surface area contributed by atoms with E-state index in [0.717, 1.165) is 0 Å². The molecule has 0 aliphatic carbocycles. The van der Waals surface area contributed by atoms with Gasteiger partial charge in [0.2, 0.25) is 0 Å². The number of nitrogens with zero attached hydrogens (tertiary/aromatic N) is 1. The fourth-order valence-electron chi connectivity index (χ4n) is 0.445. The third kappa shape index (κ3) is 2.24. The molecule has 0 aromatic rings. The van der Waals surface area contributed by atoms with Crippen LogP contribution in [0.25, 0.3) is 0 Å². The second-order valence-corrected chi connectivity index (χ2v) is 2.34. The minimum Gasteiger partial charge on any atom is -0.401 e. The zero-order chi connectivity index (χ0) is 7.44. The molecule has 0 spiro atoms. The van der Waals surface area contributed by atoms with E-state index < -0.39 is 0 Å². The Kier molecular flexibility index (Phi) is 2.89. The maximum atomic E-state index is 8.39. The van der Waals surface area contributed by atoms with Crippen LogP contribution < -0.4 is 5.73 Å². The minimum atomic E-state index is 0.421. The van der Waals surface area contributed by atoms with Crippen molar-refractivity contribution in [1.29, 1.82) is 5.26 Å². The molecule has 0 amide bonds. The third-order valence-corrected chi connectivity index (χ3v) is 1.06. The number of thiocarbonyl (C=S) groups is 1. The third-order valence-electron chi connectivity index (χ3n) is 0.858. The van der Waals surface area contributed by atoms with Gasteiger partial charge in [0.05, 0.1) is 5.57 Å². The van der Waals surface area contributed by atoms with Gasteiger partial charge in [-0.15, -0.1) is 0 Å². The van der Waals surface area contributed by atoms with Crippen LogP contribution in [0.4, 0.5) is 0 Å². The van der Waals surface area contributed by atoms with Crippen LogP contribution in [-0.2, 0) is 0 Å². The van der Waals surface area contributed by atoms with Gasteiger partial charge in [-0.25, -0.2) is 0 Å². The molecule has 0 atom stereocenters. The van der Waals surface area contributed by atoms with Crippen LogP contribution >= 0.6 is 12.2 Å². The summed E-state index contributed by atoms with van der Waals surface area (Å²) < 4.78 is 0. The topological polar surface area (TPSA) is 49.8 Å². The number of allylic oxidation sites excluding steroid dienone is 2. The predicted molar refractivity (Wildman–Crippen MR) is 40.8 cm³/mol. The lowest BCUT2D eigenvalue weighted by molar-refractivity contribution is 1.29. The first-order valence-electron chi connectivity index (χ1n) is 2.47.